The van der Waals surface area contributed by atoms with Gasteiger partial charge >= 0.3 is 0 Å². The molecule has 3 unspecified atom stereocenters. The van der Waals surface area contributed by atoms with Gasteiger partial charge in [0.25, 0.3) is 0 Å². The first kappa shape index (κ1) is 14.3. The first-order valence-electron chi connectivity index (χ1n) is 8.03. The van der Waals surface area contributed by atoms with E-state index >= 15 is 0 Å². The molecule has 112 valence electrons. The molecule has 2 heterocycles. The monoisotopic (exact) mass is 285 g/mol. The Balaban J connectivity index is 1.85. The molecule has 0 bridgehead atoms. The minimum Gasteiger partial charge on any atom is -0.393 e. The Kier molecular flexibility index (Phi) is 4.12. The minimum atomic E-state index is -0.176. The summed E-state index contributed by atoms with van der Waals surface area (Å²) in [6, 6.07) is 6.55. The summed E-state index contributed by atoms with van der Waals surface area (Å²) in [6.07, 6.45) is 6.50. The zero-order valence-electron chi connectivity index (χ0n) is 12.6. The molecule has 1 aliphatic carbocycles. The first-order chi connectivity index (χ1) is 10.2. The highest BCUT2D eigenvalue weighted by Crippen LogP contribution is 2.36. The summed E-state index contributed by atoms with van der Waals surface area (Å²) < 4.78 is 0. The largest absolute Gasteiger partial charge is 0.393 e. The summed E-state index contributed by atoms with van der Waals surface area (Å²) in [7, 11) is 0. The topological polar surface area (TPSA) is 60.1 Å². The van der Waals surface area contributed by atoms with E-state index in [9.17, 15) is 10.4 Å². The maximum Gasteiger partial charge on any atom is 0.145 e. The van der Waals surface area contributed by atoms with Crippen molar-refractivity contribution in [2.24, 2.45) is 5.92 Å². The van der Waals surface area contributed by atoms with Crippen molar-refractivity contribution in [2.75, 3.05) is 11.4 Å². The molecule has 1 aromatic heterocycles. The Bertz CT molecular complexity index is 551. The van der Waals surface area contributed by atoms with Crippen molar-refractivity contribution >= 4 is 5.82 Å². The predicted molar refractivity (Wildman–Crippen MR) is 82.0 cm³/mol. The van der Waals surface area contributed by atoms with Crippen molar-refractivity contribution in [2.45, 2.75) is 57.6 Å². The van der Waals surface area contributed by atoms with Gasteiger partial charge in [-0.3, -0.25) is 0 Å². The number of nitrogens with zero attached hydrogens (tertiary/aromatic N) is 3. The number of aliphatic hydroxyl groups is 1. The Morgan fingerprint density at radius 1 is 1.24 bits per heavy atom. The fourth-order valence-electron chi connectivity index (χ4n) is 3.90. The van der Waals surface area contributed by atoms with Crippen LogP contribution in [-0.4, -0.2) is 28.8 Å². The molecule has 0 aromatic carbocycles. The number of hydrogen-bond acceptors (Lipinski definition) is 4. The molecule has 1 N–H and O–H groups in total. The summed E-state index contributed by atoms with van der Waals surface area (Å²) in [5, 5.41) is 19.5. The van der Waals surface area contributed by atoms with Gasteiger partial charge in [-0.15, -0.1) is 0 Å². The molecule has 3 atom stereocenters. The maximum absolute atomic E-state index is 10.3. The van der Waals surface area contributed by atoms with Crippen LogP contribution in [0, 0.1) is 24.2 Å². The van der Waals surface area contributed by atoms with Crippen molar-refractivity contribution in [3.8, 4) is 6.07 Å². The average Bonchev–Trinajstić information content (AvgIpc) is 2.97. The summed E-state index contributed by atoms with van der Waals surface area (Å²) in [5.41, 5.74) is 1.44. The highest BCUT2D eigenvalue weighted by Gasteiger charge is 2.37. The van der Waals surface area contributed by atoms with Gasteiger partial charge in [0.15, 0.2) is 0 Å². The van der Waals surface area contributed by atoms with E-state index in [-0.39, 0.29) is 6.10 Å². The highest BCUT2D eigenvalue weighted by molar-refractivity contribution is 5.46. The van der Waals surface area contributed by atoms with Crippen LogP contribution in [0.4, 0.5) is 5.82 Å². The summed E-state index contributed by atoms with van der Waals surface area (Å²) >= 11 is 0. The molecule has 2 fully saturated rings. The molecule has 3 rings (SSSR count). The van der Waals surface area contributed by atoms with Gasteiger partial charge in [0.05, 0.1) is 6.10 Å². The molecular formula is C17H23N3O. The molecular weight excluding hydrogens is 262 g/mol. The Morgan fingerprint density at radius 2 is 2.05 bits per heavy atom. The van der Waals surface area contributed by atoms with E-state index < -0.39 is 0 Å². The highest BCUT2D eigenvalue weighted by atomic mass is 16.3. The van der Waals surface area contributed by atoms with Crippen LogP contribution in [0.2, 0.25) is 0 Å². The van der Waals surface area contributed by atoms with Crippen LogP contribution < -0.4 is 4.90 Å². The zero-order chi connectivity index (χ0) is 14.8. The molecule has 1 aromatic rings. The van der Waals surface area contributed by atoms with E-state index in [1.165, 1.54) is 6.42 Å². The smallest absolute Gasteiger partial charge is 0.145 e. The maximum atomic E-state index is 10.3. The first-order valence-corrected chi connectivity index (χ1v) is 8.03. The second-order valence-electron chi connectivity index (χ2n) is 6.37. The van der Waals surface area contributed by atoms with Crippen LogP contribution >= 0.6 is 0 Å². The molecule has 4 nitrogen and oxygen atoms in total. The van der Waals surface area contributed by atoms with Crippen LogP contribution in [0.1, 0.15) is 49.8 Å². The number of rotatable bonds is 2. The van der Waals surface area contributed by atoms with Gasteiger partial charge in [0.2, 0.25) is 0 Å². The van der Waals surface area contributed by atoms with Crippen molar-refractivity contribution in [1.29, 1.82) is 5.26 Å². The third kappa shape index (κ3) is 2.75. The van der Waals surface area contributed by atoms with Gasteiger partial charge < -0.3 is 10.0 Å². The van der Waals surface area contributed by atoms with Crippen LogP contribution in [-0.2, 0) is 0 Å². The lowest BCUT2D eigenvalue weighted by atomic mass is 9.80. The van der Waals surface area contributed by atoms with Crippen LogP contribution in [0.3, 0.4) is 0 Å². The Hall–Kier alpha value is -1.60. The lowest BCUT2D eigenvalue weighted by molar-refractivity contribution is 0.0565. The van der Waals surface area contributed by atoms with Crippen molar-refractivity contribution < 1.29 is 5.11 Å². The quantitative estimate of drug-likeness (QED) is 0.907. The molecule has 0 amide bonds. The molecule has 4 heteroatoms. The van der Waals surface area contributed by atoms with Gasteiger partial charge in [-0.2, -0.15) is 5.26 Å². The molecule has 1 saturated carbocycles. The second kappa shape index (κ2) is 6.03. The third-order valence-electron chi connectivity index (χ3n) is 5.06. The van der Waals surface area contributed by atoms with E-state index in [0.717, 1.165) is 50.0 Å². The molecule has 2 aliphatic rings. The van der Waals surface area contributed by atoms with Crippen molar-refractivity contribution in [3.63, 3.8) is 0 Å². The Morgan fingerprint density at radius 3 is 2.81 bits per heavy atom. The number of anilines is 1. The van der Waals surface area contributed by atoms with E-state index in [1.54, 1.807) is 0 Å². The molecule has 1 aliphatic heterocycles. The van der Waals surface area contributed by atoms with Gasteiger partial charge in [-0.25, -0.2) is 4.98 Å². The number of nitriles is 1. The summed E-state index contributed by atoms with van der Waals surface area (Å²) in [6.45, 7) is 2.90. The van der Waals surface area contributed by atoms with E-state index in [2.05, 4.69) is 16.0 Å². The van der Waals surface area contributed by atoms with Crippen LogP contribution in [0.25, 0.3) is 0 Å². The van der Waals surface area contributed by atoms with Crippen molar-refractivity contribution in [3.05, 3.63) is 23.4 Å². The third-order valence-corrected chi connectivity index (χ3v) is 5.06. The molecule has 1 saturated heterocycles. The number of aliphatic hydroxyl groups excluding tert-OH is 1. The van der Waals surface area contributed by atoms with Crippen molar-refractivity contribution in [1.82, 2.24) is 4.98 Å². The number of aromatic nitrogens is 1. The summed E-state index contributed by atoms with van der Waals surface area (Å²) in [4.78, 5) is 6.85. The fraction of sp³-hybridized carbons (Fsp3) is 0.647. The van der Waals surface area contributed by atoms with Gasteiger partial charge in [-0.1, -0.05) is 18.9 Å². The average molecular weight is 285 g/mol. The fourth-order valence-corrected chi connectivity index (χ4v) is 3.90. The summed E-state index contributed by atoms with van der Waals surface area (Å²) in [5.74, 6) is 1.26. The molecule has 0 spiro atoms. The zero-order valence-corrected chi connectivity index (χ0v) is 12.6. The van der Waals surface area contributed by atoms with Gasteiger partial charge in [-0.05, 0) is 44.2 Å². The second-order valence-corrected chi connectivity index (χ2v) is 6.37. The van der Waals surface area contributed by atoms with E-state index in [1.807, 2.05) is 19.1 Å². The van der Waals surface area contributed by atoms with Gasteiger partial charge in [0.1, 0.15) is 17.6 Å². The van der Waals surface area contributed by atoms with Crippen LogP contribution in [0.5, 0.6) is 0 Å². The van der Waals surface area contributed by atoms with E-state index in [0.29, 0.717) is 17.7 Å². The lowest BCUT2D eigenvalue weighted by Gasteiger charge is -2.37. The standard InChI is InChI=1S/C17H23N3O/c1-12-8-9-17(19-14(12)11-18)20-10-4-6-15(20)13-5-2-3-7-16(13)21/h8-9,13,15-16,21H,2-7,10H2,1H3. The van der Waals surface area contributed by atoms with Gasteiger partial charge in [0, 0.05) is 18.5 Å². The normalized spacial score (nSPS) is 29.4. The number of aryl methyl sites for hydroxylation is 1. The molecule has 0 radical (unpaired) electrons. The minimum absolute atomic E-state index is 0.176. The number of pyridine rings is 1. The number of hydrogen-bond donors (Lipinski definition) is 1. The SMILES string of the molecule is Cc1ccc(N2CCCC2C2CCCCC2O)nc1C#N. The lowest BCUT2D eigenvalue weighted by Crippen LogP contribution is -2.43. The Labute approximate surface area is 126 Å². The van der Waals surface area contributed by atoms with E-state index in [4.69, 9.17) is 0 Å². The molecule has 21 heavy (non-hydrogen) atoms. The van der Waals surface area contributed by atoms with Crippen LogP contribution in [0.15, 0.2) is 12.1 Å². The predicted octanol–water partition coefficient (Wildman–Crippen LogP) is 2.78.